The molecule has 1 atom stereocenters. The summed E-state index contributed by atoms with van der Waals surface area (Å²) in [4.78, 5) is 26.7. The van der Waals surface area contributed by atoms with E-state index in [0.29, 0.717) is 30.9 Å². The highest BCUT2D eigenvalue weighted by Gasteiger charge is 2.47. The number of benzene rings is 1. The molecule has 0 saturated carbocycles. The van der Waals surface area contributed by atoms with Gasteiger partial charge in [0.05, 0.1) is 18.4 Å². The molecular weight excluding hydrogens is 358 g/mol. The summed E-state index contributed by atoms with van der Waals surface area (Å²) in [6.45, 7) is 6.83. The first kappa shape index (κ1) is 19.7. The maximum atomic E-state index is 12.7. The fraction of sp³-hybridized carbons (Fsp3) is 0.364. The Labute approximate surface area is 164 Å². The van der Waals surface area contributed by atoms with Crippen LogP contribution >= 0.6 is 0 Å². The average molecular weight is 383 g/mol. The molecule has 3 rings (SSSR count). The van der Waals surface area contributed by atoms with Crippen LogP contribution in [-0.4, -0.2) is 34.8 Å². The number of likely N-dealkylation sites (tertiary alicyclic amines) is 1. The van der Waals surface area contributed by atoms with E-state index in [4.69, 9.17) is 9.15 Å². The van der Waals surface area contributed by atoms with Crippen molar-refractivity contribution in [1.29, 1.82) is 0 Å². The van der Waals surface area contributed by atoms with Gasteiger partial charge in [0.2, 0.25) is 0 Å². The van der Waals surface area contributed by atoms with Crippen LogP contribution in [0, 0.1) is 6.92 Å². The summed E-state index contributed by atoms with van der Waals surface area (Å²) in [7, 11) is 0. The molecule has 0 aliphatic carbocycles. The fourth-order valence-electron chi connectivity index (χ4n) is 3.42. The number of hydrogen-bond donors (Lipinski definition) is 1. The maximum Gasteiger partial charge on any atom is 0.295 e. The van der Waals surface area contributed by atoms with Gasteiger partial charge in [0.25, 0.3) is 11.7 Å². The molecule has 148 valence electrons. The van der Waals surface area contributed by atoms with E-state index in [1.54, 1.807) is 30.3 Å². The standard InChI is InChI=1S/C22H25NO5/c1-4-10-23-19(17-7-6-12-28-17)18(21(25)22(23)26)20(24)15-8-9-16(14(3)13-15)27-11-5-2/h6-9,12-13,19,24H,4-5,10-11H2,1-3H3/b20-18-. The summed E-state index contributed by atoms with van der Waals surface area (Å²) in [6.07, 6.45) is 3.07. The quantitative estimate of drug-likeness (QED) is 0.440. The van der Waals surface area contributed by atoms with E-state index < -0.39 is 17.7 Å². The van der Waals surface area contributed by atoms with Crippen LogP contribution < -0.4 is 4.74 Å². The van der Waals surface area contributed by atoms with Crippen LogP contribution in [0.2, 0.25) is 0 Å². The van der Waals surface area contributed by atoms with Crippen LogP contribution in [0.5, 0.6) is 5.75 Å². The molecule has 0 spiro atoms. The number of Topliss-reactive ketones (excluding diaryl/α,β-unsaturated/α-hetero) is 1. The lowest BCUT2D eigenvalue weighted by atomic mass is 9.98. The molecule has 1 aromatic carbocycles. The summed E-state index contributed by atoms with van der Waals surface area (Å²) in [5.74, 6) is -0.342. The van der Waals surface area contributed by atoms with Gasteiger partial charge in [-0.3, -0.25) is 9.59 Å². The van der Waals surface area contributed by atoms with E-state index in [2.05, 4.69) is 0 Å². The molecule has 1 fully saturated rings. The second-order valence-corrected chi connectivity index (χ2v) is 6.84. The highest BCUT2D eigenvalue weighted by molar-refractivity contribution is 6.46. The Kier molecular flexibility index (Phi) is 5.87. The largest absolute Gasteiger partial charge is 0.507 e. The number of ketones is 1. The predicted molar refractivity (Wildman–Crippen MR) is 105 cm³/mol. The molecule has 2 heterocycles. The zero-order valence-electron chi connectivity index (χ0n) is 16.4. The van der Waals surface area contributed by atoms with Crippen LogP contribution in [0.4, 0.5) is 0 Å². The minimum atomic E-state index is -0.730. The van der Waals surface area contributed by atoms with E-state index in [0.717, 1.165) is 17.7 Å². The smallest absolute Gasteiger partial charge is 0.295 e. The zero-order chi connectivity index (χ0) is 20.3. The van der Waals surface area contributed by atoms with Crippen molar-refractivity contribution in [2.24, 2.45) is 0 Å². The first-order valence-corrected chi connectivity index (χ1v) is 9.55. The predicted octanol–water partition coefficient (Wildman–Crippen LogP) is 4.21. The molecule has 1 aromatic heterocycles. The van der Waals surface area contributed by atoms with Crippen LogP contribution in [0.1, 0.15) is 49.6 Å². The fourth-order valence-corrected chi connectivity index (χ4v) is 3.42. The number of aryl methyl sites for hydroxylation is 1. The minimum absolute atomic E-state index is 0.0510. The third-order valence-corrected chi connectivity index (χ3v) is 4.73. The van der Waals surface area contributed by atoms with Crippen molar-refractivity contribution in [2.45, 2.75) is 39.7 Å². The van der Waals surface area contributed by atoms with Crippen LogP contribution in [0.3, 0.4) is 0 Å². The molecule has 2 aromatic rings. The Balaban J connectivity index is 2.07. The Morgan fingerprint density at radius 2 is 2.00 bits per heavy atom. The number of ether oxygens (including phenoxy) is 1. The highest BCUT2D eigenvalue weighted by Crippen LogP contribution is 2.40. The normalized spacial score (nSPS) is 18.7. The minimum Gasteiger partial charge on any atom is -0.507 e. The van der Waals surface area contributed by atoms with Crippen molar-refractivity contribution in [1.82, 2.24) is 4.90 Å². The van der Waals surface area contributed by atoms with Crippen molar-refractivity contribution in [3.8, 4) is 5.75 Å². The molecule has 1 unspecified atom stereocenters. The number of furan rings is 1. The van der Waals surface area contributed by atoms with Gasteiger partial charge >= 0.3 is 0 Å². The van der Waals surface area contributed by atoms with Crippen molar-refractivity contribution in [3.63, 3.8) is 0 Å². The lowest BCUT2D eigenvalue weighted by Crippen LogP contribution is -2.30. The maximum absolute atomic E-state index is 12.7. The van der Waals surface area contributed by atoms with E-state index in [-0.39, 0.29) is 11.3 Å². The first-order valence-electron chi connectivity index (χ1n) is 9.55. The third-order valence-electron chi connectivity index (χ3n) is 4.73. The molecular formula is C22H25NO5. The summed E-state index contributed by atoms with van der Waals surface area (Å²) < 4.78 is 11.2. The lowest BCUT2D eigenvalue weighted by molar-refractivity contribution is -0.140. The molecule has 6 heteroatoms. The number of hydrogen-bond acceptors (Lipinski definition) is 5. The third kappa shape index (κ3) is 3.54. The van der Waals surface area contributed by atoms with Crippen molar-refractivity contribution in [2.75, 3.05) is 13.2 Å². The van der Waals surface area contributed by atoms with Gasteiger partial charge in [-0.25, -0.2) is 0 Å². The number of aliphatic hydroxyl groups excluding tert-OH is 1. The number of aliphatic hydroxyl groups is 1. The molecule has 28 heavy (non-hydrogen) atoms. The van der Waals surface area contributed by atoms with Crippen LogP contribution in [0.15, 0.2) is 46.6 Å². The van der Waals surface area contributed by atoms with Gasteiger partial charge in [0, 0.05) is 12.1 Å². The highest BCUT2D eigenvalue weighted by atomic mass is 16.5. The summed E-state index contributed by atoms with van der Waals surface area (Å²) in [6, 6.07) is 7.90. The summed E-state index contributed by atoms with van der Waals surface area (Å²) in [5, 5.41) is 11.0. The lowest BCUT2D eigenvalue weighted by Gasteiger charge is -2.22. The molecule has 1 N–H and O–H groups in total. The molecule has 0 radical (unpaired) electrons. The molecule has 1 aliphatic rings. The Morgan fingerprint density at radius 3 is 2.61 bits per heavy atom. The molecule has 1 aliphatic heterocycles. The number of carbonyl (C=O) groups excluding carboxylic acids is 2. The van der Waals surface area contributed by atoms with Crippen LogP contribution in [-0.2, 0) is 9.59 Å². The van der Waals surface area contributed by atoms with Crippen molar-refractivity contribution in [3.05, 3.63) is 59.1 Å². The Bertz CT molecular complexity index is 898. The van der Waals surface area contributed by atoms with E-state index >= 15 is 0 Å². The van der Waals surface area contributed by atoms with Gasteiger partial charge in [-0.2, -0.15) is 0 Å². The first-order chi connectivity index (χ1) is 13.5. The van der Waals surface area contributed by atoms with E-state index in [1.165, 1.54) is 11.2 Å². The van der Waals surface area contributed by atoms with Gasteiger partial charge in [0.1, 0.15) is 23.3 Å². The topological polar surface area (TPSA) is 80.0 Å². The molecule has 0 bridgehead atoms. The summed E-state index contributed by atoms with van der Waals surface area (Å²) >= 11 is 0. The van der Waals surface area contributed by atoms with Crippen molar-refractivity contribution < 1.29 is 23.8 Å². The Morgan fingerprint density at radius 1 is 1.21 bits per heavy atom. The monoisotopic (exact) mass is 383 g/mol. The molecule has 6 nitrogen and oxygen atoms in total. The average Bonchev–Trinajstić information content (AvgIpc) is 3.29. The summed E-state index contributed by atoms with van der Waals surface area (Å²) in [5.41, 5.74) is 1.36. The van der Waals surface area contributed by atoms with Gasteiger partial charge < -0.3 is 19.2 Å². The van der Waals surface area contributed by atoms with E-state index in [1.807, 2.05) is 20.8 Å². The van der Waals surface area contributed by atoms with Gasteiger partial charge in [-0.1, -0.05) is 13.8 Å². The second kappa shape index (κ2) is 8.33. The number of amides is 1. The number of rotatable bonds is 7. The van der Waals surface area contributed by atoms with Gasteiger partial charge in [0.15, 0.2) is 0 Å². The number of nitrogens with zero attached hydrogens (tertiary/aromatic N) is 1. The molecule has 1 saturated heterocycles. The number of carbonyl (C=O) groups is 2. The SMILES string of the molecule is CCCOc1ccc(/C(O)=C2/C(=O)C(=O)N(CCC)C2c2ccco2)cc1C. The Hall–Kier alpha value is -3.02. The van der Waals surface area contributed by atoms with Crippen molar-refractivity contribution >= 4 is 17.4 Å². The van der Waals surface area contributed by atoms with Gasteiger partial charge in [-0.15, -0.1) is 0 Å². The molecule has 1 amide bonds. The second-order valence-electron chi connectivity index (χ2n) is 6.84. The van der Waals surface area contributed by atoms with Gasteiger partial charge in [-0.05, 0) is 55.7 Å². The van der Waals surface area contributed by atoms with Crippen LogP contribution in [0.25, 0.3) is 5.76 Å². The van der Waals surface area contributed by atoms with E-state index in [9.17, 15) is 14.7 Å². The zero-order valence-corrected chi connectivity index (χ0v) is 16.4.